The molecule has 0 aliphatic rings. The number of unbranched alkanes of at least 4 members (excludes halogenated alkanes) is 3. The van der Waals surface area contributed by atoms with Gasteiger partial charge in [-0.25, -0.2) is 4.39 Å². The zero-order valence-corrected chi connectivity index (χ0v) is 14.9. The molecule has 0 fully saturated rings. The van der Waals surface area contributed by atoms with E-state index in [-0.39, 0.29) is 5.82 Å². The van der Waals surface area contributed by atoms with Crippen LogP contribution in [-0.4, -0.2) is 9.55 Å². The van der Waals surface area contributed by atoms with Gasteiger partial charge < -0.3 is 9.55 Å². The van der Waals surface area contributed by atoms with Crippen molar-refractivity contribution in [3.05, 3.63) is 26.3 Å². The molecule has 0 aliphatic carbocycles. The van der Waals surface area contributed by atoms with E-state index in [2.05, 4.69) is 23.4 Å². The topological polar surface area (TPSA) is 20.7 Å². The average molecular weight is 406 g/mol. The Morgan fingerprint density at radius 3 is 2.80 bits per heavy atom. The third kappa shape index (κ3) is 3.42. The molecule has 0 spiro atoms. The van der Waals surface area contributed by atoms with Gasteiger partial charge in [0.25, 0.3) is 0 Å². The summed E-state index contributed by atoms with van der Waals surface area (Å²) in [6.07, 6.45) is 6.04. The van der Waals surface area contributed by atoms with Crippen molar-refractivity contribution < 1.29 is 4.39 Å². The minimum atomic E-state index is -0.181. The molecule has 0 saturated heterocycles. The molecule has 1 N–H and O–H groups in total. The molecular formula is C15H20FIN2S. The summed E-state index contributed by atoms with van der Waals surface area (Å²) < 4.78 is 17.1. The Hall–Kier alpha value is -0.430. The van der Waals surface area contributed by atoms with Crippen LogP contribution in [0.15, 0.2) is 12.1 Å². The van der Waals surface area contributed by atoms with Gasteiger partial charge in [0.1, 0.15) is 5.82 Å². The Bertz CT molecular complexity index is 647. The minimum Gasteiger partial charge on any atom is -0.331 e. The summed E-state index contributed by atoms with van der Waals surface area (Å²) in [5.41, 5.74) is 1.79. The number of fused-ring (bicyclic) bond motifs is 1. The minimum absolute atomic E-state index is 0.181. The number of H-pyrrole nitrogens is 1. The number of imidazole rings is 1. The molecule has 2 nitrogen and oxygen atoms in total. The van der Waals surface area contributed by atoms with E-state index in [1.165, 1.54) is 25.7 Å². The predicted octanol–water partition coefficient (Wildman–Crippen LogP) is 5.97. The van der Waals surface area contributed by atoms with Gasteiger partial charge in [-0.1, -0.05) is 32.6 Å². The van der Waals surface area contributed by atoms with Gasteiger partial charge in [0.15, 0.2) is 4.77 Å². The summed E-state index contributed by atoms with van der Waals surface area (Å²) >= 11 is 7.40. The second-order valence-corrected chi connectivity index (χ2v) is 6.83. The lowest BCUT2D eigenvalue weighted by atomic mass is 10.1. The first-order valence-corrected chi connectivity index (χ1v) is 8.62. The molecule has 0 saturated carbocycles. The number of aromatic amines is 1. The van der Waals surface area contributed by atoms with E-state index in [0.29, 0.717) is 14.4 Å². The lowest BCUT2D eigenvalue weighted by Crippen LogP contribution is -2.05. The van der Waals surface area contributed by atoms with Gasteiger partial charge in [0.05, 0.1) is 14.6 Å². The zero-order valence-electron chi connectivity index (χ0n) is 11.9. The fourth-order valence-corrected chi connectivity index (χ4v) is 3.41. The molecule has 0 amide bonds. The van der Waals surface area contributed by atoms with E-state index >= 15 is 0 Å². The molecule has 5 heteroatoms. The number of aromatic nitrogens is 2. The number of hydrogen-bond acceptors (Lipinski definition) is 1. The van der Waals surface area contributed by atoms with Crippen LogP contribution >= 0.6 is 34.8 Å². The highest BCUT2D eigenvalue weighted by molar-refractivity contribution is 14.1. The van der Waals surface area contributed by atoms with Gasteiger partial charge in [-0.05, 0) is 54.2 Å². The van der Waals surface area contributed by atoms with Crippen LogP contribution in [0.2, 0.25) is 0 Å². The van der Waals surface area contributed by atoms with Crippen LogP contribution in [0.5, 0.6) is 0 Å². The van der Waals surface area contributed by atoms with E-state index in [0.717, 1.165) is 17.5 Å². The van der Waals surface area contributed by atoms with Crippen molar-refractivity contribution in [1.82, 2.24) is 9.55 Å². The highest BCUT2D eigenvalue weighted by atomic mass is 127. The van der Waals surface area contributed by atoms with Crippen molar-refractivity contribution in [3.63, 3.8) is 0 Å². The van der Waals surface area contributed by atoms with Gasteiger partial charge in [-0.2, -0.15) is 0 Å². The van der Waals surface area contributed by atoms with Crippen LogP contribution in [-0.2, 0) is 0 Å². The molecule has 2 rings (SSSR count). The molecule has 0 radical (unpaired) electrons. The van der Waals surface area contributed by atoms with Crippen molar-refractivity contribution in [2.45, 2.75) is 52.0 Å². The van der Waals surface area contributed by atoms with E-state index in [1.54, 1.807) is 6.07 Å². The lowest BCUT2D eigenvalue weighted by molar-refractivity contribution is 0.477. The maximum Gasteiger partial charge on any atom is 0.178 e. The monoisotopic (exact) mass is 406 g/mol. The van der Waals surface area contributed by atoms with Crippen LogP contribution in [0.25, 0.3) is 11.0 Å². The second-order valence-electron chi connectivity index (χ2n) is 5.28. The summed E-state index contributed by atoms with van der Waals surface area (Å²) in [6, 6.07) is 3.71. The summed E-state index contributed by atoms with van der Waals surface area (Å²) in [5, 5.41) is 0. The third-order valence-corrected chi connectivity index (χ3v) is 4.80. The van der Waals surface area contributed by atoms with Crippen LogP contribution in [0.4, 0.5) is 4.39 Å². The Kier molecular flexibility index (Phi) is 5.60. The maximum absolute atomic E-state index is 13.8. The van der Waals surface area contributed by atoms with Crippen molar-refractivity contribution in [1.29, 1.82) is 0 Å². The summed E-state index contributed by atoms with van der Waals surface area (Å²) in [7, 11) is 0. The fraction of sp³-hybridized carbons (Fsp3) is 0.533. The van der Waals surface area contributed by atoms with Crippen LogP contribution < -0.4 is 0 Å². The summed E-state index contributed by atoms with van der Waals surface area (Å²) in [5.74, 6) is -0.181. The first-order valence-electron chi connectivity index (χ1n) is 7.13. The lowest BCUT2D eigenvalue weighted by Gasteiger charge is -2.14. The maximum atomic E-state index is 13.8. The highest BCUT2D eigenvalue weighted by Gasteiger charge is 2.13. The van der Waals surface area contributed by atoms with Gasteiger partial charge in [-0.3, -0.25) is 0 Å². The molecule has 1 aromatic carbocycles. The summed E-state index contributed by atoms with van der Waals surface area (Å²) in [4.78, 5) is 3.18. The molecule has 1 unspecified atom stereocenters. The molecule has 0 aliphatic heterocycles. The van der Waals surface area contributed by atoms with Gasteiger partial charge in [0, 0.05) is 12.1 Å². The van der Waals surface area contributed by atoms with Crippen LogP contribution in [0, 0.1) is 14.2 Å². The van der Waals surface area contributed by atoms with Gasteiger partial charge in [-0.15, -0.1) is 0 Å². The highest BCUT2D eigenvalue weighted by Crippen LogP contribution is 2.26. The smallest absolute Gasteiger partial charge is 0.178 e. The van der Waals surface area contributed by atoms with E-state index in [1.807, 2.05) is 28.7 Å². The second kappa shape index (κ2) is 7.02. The molecule has 1 atom stereocenters. The van der Waals surface area contributed by atoms with Crippen LogP contribution in [0.1, 0.15) is 52.0 Å². The number of benzene rings is 1. The number of halogens is 2. The Balaban J connectivity index is 2.26. The zero-order chi connectivity index (χ0) is 14.7. The van der Waals surface area contributed by atoms with Crippen molar-refractivity contribution in [2.75, 3.05) is 0 Å². The van der Waals surface area contributed by atoms with Gasteiger partial charge >= 0.3 is 0 Å². The molecule has 110 valence electrons. The fourth-order valence-electron chi connectivity index (χ4n) is 2.55. The number of hydrogen-bond donors (Lipinski definition) is 1. The van der Waals surface area contributed by atoms with Crippen LogP contribution in [0.3, 0.4) is 0 Å². The Morgan fingerprint density at radius 1 is 1.35 bits per heavy atom. The molecule has 1 heterocycles. The Morgan fingerprint density at radius 2 is 2.10 bits per heavy atom. The Labute approximate surface area is 137 Å². The predicted molar refractivity (Wildman–Crippen MR) is 93.3 cm³/mol. The number of nitrogens with zero attached hydrogens (tertiary/aromatic N) is 1. The first-order chi connectivity index (χ1) is 9.54. The number of rotatable bonds is 6. The van der Waals surface area contributed by atoms with E-state index in [4.69, 9.17) is 12.2 Å². The molecule has 20 heavy (non-hydrogen) atoms. The molecule has 0 bridgehead atoms. The average Bonchev–Trinajstić information content (AvgIpc) is 2.70. The van der Waals surface area contributed by atoms with Crippen molar-refractivity contribution >= 4 is 45.8 Å². The largest absolute Gasteiger partial charge is 0.331 e. The standard InChI is InChI=1S/C15H20FIN2S/c1-3-4-5-6-7-10(2)19-14-8-11(16)12(17)9-13(14)18-15(19)20/h8-10H,3-7H2,1-2H3,(H,18,20). The van der Waals surface area contributed by atoms with E-state index in [9.17, 15) is 4.39 Å². The number of nitrogens with one attached hydrogen (secondary N) is 1. The third-order valence-electron chi connectivity index (χ3n) is 3.67. The molecule has 1 aromatic heterocycles. The van der Waals surface area contributed by atoms with Crippen molar-refractivity contribution in [3.8, 4) is 0 Å². The van der Waals surface area contributed by atoms with Crippen molar-refractivity contribution in [2.24, 2.45) is 0 Å². The normalized spacial score (nSPS) is 13.0. The SMILES string of the molecule is CCCCCCC(C)n1c(=S)[nH]c2cc(I)c(F)cc21. The van der Waals surface area contributed by atoms with E-state index < -0.39 is 0 Å². The quantitative estimate of drug-likeness (QED) is 0.356. The first kappa shape index (κ1) is 15.9. The molecule has 2 aromatic rings. The summed E-state index contributed by atoms with van der Waals surface area (Å²) in [6.45, 7) is 4.37. The molecular weight excluding hydrogens is 386 g/mol. The van der Waals surface area contributed by atoms with Gasteiger partial charge in [0.2, 0.25) is 0 Å².